The van der Waals surface area contributed by atoms with Crippen LogP contribution in [0.25, 0.3) is 0 Å². The molecule has 7 atom stereocenters. The second-order valence-electron chi connectivity index (χ2n) is 12.3. The van der Waals surface area contributed by atoms with E-state index in [0.717, 1.165) is 61.6 Å². The van der Waals surface area contributed by atoms with Gasteiger partial charge in [-0.3, -0.25) is 0 Å². The van der Waals surface area contributed by atoms with E-state index in [1.807, 2.05) is 0 Å². The van der Waals surface area contributed by atoms with Crippen LogP contribution >= 0.6 is 0 Å². The smallest absolute Gasteiger partial charge is 0.174 e. The average Bonchev–Trinajstić information content (AvgIpc) is 3.30. The number of rotatable bonds is 7. The molecule has 0 bridgehead atoms. The van der Waals surface area contributed by atoms with Gasteiger partial charge in [0.05, 0.1) is 13.2 Å². The summed E-state index contributed by atoms with van der Waals surface area (Å²) in [5, 5.41) is 0. The van der Waals surface area contributed by atoms with E-state index in [1.54, 1.807) is 0 Å². The molecule has 4 rings (SSSR count). The van der Waals surface area contributed by atoms with Gasteiger partial charge in [0, 0.05) is 11.8 Å². The molecule has 0 amide bonds. The van der Waals surface area contributed by atoms with Gasteiger partial charge in [-0.2, -0.15) is 0 Å². The van der Waals surface area contributed by atoms with E-state index in [1.165, 1.54) is 51.4 Å². The number of hydrogen-bond acceptors (Lipinski definition) is 2. The van der Waals surface area contributed by atoms with Crippen molar-refractivity contribution < 1.29 is 9.47 Å². The molecule has 3 saturated carbocycles. The maximum atomic E-state index is 6.39. The van der Waals surface area contributed by atoms with Crippen LogP contribution in [0.15, 0.2) is 12.7 Å². The summed E-state index contributed by atoms with van der Waals surface area (Å²) >= 11 is 0. The third kappa shape index (κ3) is 3.53. The van der Waals surface area contributed by atoms with E-state index in [9.17, 15) is 0 Å². The third-order valence-electron chi connectivity index (χ3n) is 10.5. The summed E-state index contributed by atoms with van der Waals surface area (Å²) in [6.45, 7) is 18.1. The van der Waals surface area contributed by atoms with Crippen LogP contribution in [-0.4, -0.2) is 19.0 Å². The van der Waals surface area contributed by atoms with Crippen LogP contribution in [0.3, 0.4) is 0 Å². The Morgan fingerprint density at radius 2 is 1.67 bits per heavy atom. The zero-order chi connectivity index (χ0) is 21.6. The van der Waals surface area contributed by atoms with Gasteiger partial charge in [0.25, 0.3) is 0 Å². The van der Waals surface area contributed by atoms with Crippen LogP contribution in [0.2, 0.25) is 0 Å². The zero-order valence-electron chi connectivity index (χ0n) is 20.6. The summed E-state index contributed by atoms with van der Waals surface area (Å²) in [4.78, 5) is 0. The first-order valence-electron chi connectivity index (χ1n) is 13.2. The first-order chi connectivity index (χ1) is 14.3. The fourth-order valence-corrected chi connectivity index (χ4v) is 8.97. The van der Waals surface area contributed by atoms with Crippen molar-refractivity contribution in [2.24, 2.45) is 46.3 Å². The molecular formula is C28H48O2. The fraction of sp³-hybridized carbons (Fsp3) is 0.929. The highest BCUT2D eigenvalue weighted by Crippen LogP contribution is 2.68. The summed E-state index contributed by atoms with van der Waals surface area (Å²) in [6, 6.07) is 0. The van der Waals surface area contributed by atoms with E-state index in [-0.39, 0.29) is 11.2 Å². The fourth-order valence-electron chi connectivity index (χ4n) is 8.97. The number of ether oxygens (including phenoxy) is 2. The van der Waals surface area contributed by atoms with Gasteiger partial charge < -0.3 is 9.47 Å². The van der Waals surface area contributed by atoms with Crippen LogP contribution in [0.1, 0.15) is 98.8 Å². The van der Waals surface area contributed by atoms with Gasteiger partial charge in [0.2, 0.25) is 0 Å². The van der Waals surface area contributed by atoms with Crippen molar-refractivity contribution in [2.75, 3.05) is 13.2 Å². The molecule has 0 radical (unpaired) electrons. The maximum Gasteiger partial charge on any atom is 0.174 e. The predicted molar refractivity (Wildman–Crippen MR) is 125 cm³/mol. The Bertz CT molecular complexity index is 606. The Morgan fingerprint density at radius 3 is 2.33 bits per heavy atom. The molecule has 1 heterocycles. The Labute approximate surface area is 186 Å². The summed E-state index contributed by atoms with van der Waals surface area (Å²) in [5.74, 6) is 4.77. The minimum absolute atomic E-state index is 0.0798. The standard InChI is InChI=1S/C28H48O2/c1-7-15-27(6)25-14-16-26(5)23(21(4)10-8-9-20(2)3)11-12-24(26)22(25)13-17-28(27)29-18-19-30-28/h7,20-25H,1,8-19H2,2-6H3/t21-,22+,23-,24+,25+,26-,27-/m1/s1. The van der Waals surface area contributed by atoms with Crippen LogP contribution in [0.4, 0.5) is 0 Å². The molecule has 1 spiro atoms. The summed E-state index contributed by atoms with van der Waals surface area (Å²) < 4.78 is 12.8. The van der Waals surface area contributed by atoms with Crippen LogP contribution in [0.5, 0.6) is 0 Å². The molecule has 1 saturated heterocycles. The molecule has 30 heavy (non-hydrogen) atoms. The largest absolute Gasteiger partial charge is 0.347 e. The van der Waals surface area contributed by atoms with Gasteiger partial charge in [-0.1, -0.05) is 60.0 Å². The molecule has 2 heteroatoms. The monoisotopic (exact) mass is 416 g/mol. The molecule has 0 unspecified atom stereocenters. The lowest BCUT2D eigenvalue weighted by atomic mass is 9.46. The Hall–Kier alpha value is -0.340. The lowest BCUT2D eigenvalue weighted by Gasteiger charge is -2.61. The van der Waals surface area contributed by atoms with Crippen molar-refractivity contribution in [3.05, 3.63) is 12.7 Å². The minimum atomic E-state index is -0.349. The third-order valence-corrected chi connectivity index (χ3v) is 10.5. The minimum Gasteiger partial charge on any atom is -0.347 e. The van der Waals surface area contributed by atoms with Crippen molar-refractivity contribution in [1.29, 1.82) is 0 Å². The van der Waals surface area contributed by atoms with Crippen LogP contribution in [0, 0.1) is 46.3 Å². The van der Waals surface area contributed by atoms with Crippen molar-refractivity contribution >= 4 is 0 Å². The van der Waals surface area contributed by atoms with Gasteiger partial charge in [-0.25, -0.2) is 0 Å². The van der Waals surface area contributed by atoms with Crippen molar-refractivity contribution in [2.45, 2.75) is 105 Å². The van der Waals surface area contributed by atoms with Gasteiger partial charge in [-0.05, 0) is 79.4 Å². The van der Waals surface area contributed by atoms with Crippen molar-refractivity contribution in [3.63, 3.8) is 0 Å². The molecule has 4 fully saturated rings. The zero-order valence-corrected chi connectivity index (χ0v) is 20.6. The second kappa shape index (κ2) is 8.54. The van der Waals surface area contributed by atoms with E-state index < -0.39 is 0 Å². The summed E-state index contributed by atoms with van der Waals surface area (Å²) in [7, 11) is 0. The van der Waals surface area contributed by atoms with Crippen molar-refractivity contribution in [3.8, 4) is 0 Å². The molecule has 2 nitrogen and oxygen atoms in total. The van der Waals surface area contributed by atoms with Gasteiger partial charge in [-0.15, -0.1) is 6.58 Å². The lowest BCUT2D eigenvalue weighted by Crippen LogP contribution is -2.60. The van der Waals surface area contributed by atoms with Crippen LogP contribution < -0.4 is 0 Å². The summed E-state index contributed by atoms with van der Waals surface area (Å²) in [5.41, 5.74) is 0.631. The molecule has 0 aromatic rings. The maximum absolute atomic E-state index is 6.39. The van der Waals surface area contributed by atoms with Crippen LogP contribution in [-0.2, 0) is 9.47 Å². The Balaban J connectivity index is 1.52. The summed E-state index contributed by atoms with van der Waals surface area (Å²) in [6.07, 6.45) is 15.4. The first-order valence-corrected chi connectivity index (χ1v) is 13.2. The highest BCUT2D eigenvalue weighted by atomic mass is 16.7. The molecule has 4 aliphatic rings. The predicted octanol–water partition coefficient (Wildman–Crippen LogP) is 7.63. The van der Waals surface area contributed by atoms with E-state index >= 15 is 0 Å². The second-order valence-corrected chi connectivity index (χ2v) is 12.3. The van der Waals surface area contributed by atoms with Crippen molar-refractivity contribution in [1.82, 2.24) is 0 Å². The molecule has 0 aromatic heterocycles. The number of fused-ring (bicyclic) bond motifs is 3. The quantitative estimate of drug-likeness (QED) is 0.397. The normalized spacial score (nSPS) is 43.5. The van der Waals surface area contributed by atoms with E-state index in [2.05, 4.69) is 47.3 Å². The SMILES string of the molecule is C=CC[C@]1(C)[C@H]2CC[C@]3(C)[C@@H]([C@H](C)CCCC(C)C)CC[C@H]3[C@@H]2CCC12OCCO2. The molecule has 3 aliphatic carbocycles. The molecular weight excluding hydrogens is 368 g/mol. The number of hydrogen-bond donors (Lipinski definition) is 0. The highest BCUT2D eigenvalue weighted by molar-refractivity contribution is 5.12. The Kier molecular flexibility index (Phi) is 6.50. The van der Waals surface area contributed by atoms with Gasteiger partial charge in [0.1, 0.15) is 0 Å². The number of allylic oxidation sites excluding steroid dienone is 1. The molecule has 0 N–H and O–H groups in total. The lowest BCUT2D eigenvalue weighted by molar-refractivity contribution is -0.288. The van der Waals surface area contributed by atoms with E-state index in [4.69, 9.17) is 9.47 Å². The topological polar surface area (TPSA) is 18.5 Å². The Morgan fingerprint density at radius 1 is 0.933 bits per heavy atom. The van der Waals surface area contributed by atoms with E-state index in [0.29, 0.717) is 5.41 Å². The molecule has 1 aliphatic heterocycles. The average molecular weight is 417 g/mol. The first kappa shape index (κ1) is 22.8. The van der Waals surface area contributed by atoms with Gasteiger partial charge in [0.15, 0.2) is 5.79 Å². The highest BCUT2D eigenvalue weighted by Gasteiger charge is 2.65. The van der Waals surface area contributed by atoms with Gasteiger partial charge >= 0.3 is 0 Å². The molecule has 172 valence electrons. The molecule has 0 aromatic carbocycles.